The Morgan fingerprint density at radius 3 is 2.50 bits per heavy atom. The quantitative estimate of drug-likeness (QED) is 0.688. The Morgan fingerprint density at radius 1 is 1.25 bits per heavy atom. The molecule has 2 rings (SSSR count). The first-order valence-electron chi connectivity index (χ1n) is 4.45. The summed E-state index contributed by atoms with van der Waals surface area (Å²) in [6, 6.07) is 6.42. The Morgan fingerprint density at radius 2 is 1.94 bits per heavy atom. The van der Waals surface area contributed by atoms with Crippen LogP contribution >= 0.6 is 0 Å². The van der Waals surface area contributed by atoms with E-state index < -0.39 is 10.0 Å². The Balaban J connectivity index is 2.25. The summed E-state index contributed by atoms with van der Waals surface area (Å²) in [5.41, 5.74) is 6.52. The summed E-state index contributed by atoms with van der Waals surface area (Å²) >= 11 is 0. The standard InChI is InChI=1S/C9H10N4O2S/c10-7-1-3-8(4-2-7)13-16(14,15)9-5-11-12-6-9/h1-6,13H,10H2,(H,11,12). The first-order valence-corrected chi connectivity index (χ1v) is 5.93. The molecule has 2 aromatic rings. The molecule has 0 radical (unpaired) electrons. The number of H-pyrrole nitrogens is 1. The second-order valence-electron chi connectivity index (χ2n) is 3.16. The number of nitrogen functional groups attached to an aromatic ring is 1. The smallest absolute Gasteiger partial charge is 0.265 e. The molecular formula is C9H10N4O2S. The molecule has 0 amide bonds. The van der Waals surface area contributed by atoms with Gasteiger partial charge < -0.3 is 5.73 Å². The largest absolute Gasteiger partial charge is 0.399 e. The summed E-state index contributed by atoms with van der Waals surface area (Å²) in [6.07, 6.45) is 2.54. The van der Waals surface area contributed by atoms with E-state index in [1.54, 1.807) is 24.3 Å². The minimum atomic E-state index is -3.57. The number of sulfonamides is 1. The van der Waals surface area contributed by atoms with Crippen molar-refractivity contribution < 1.29 is 8.42 Å². The predicted octanol–water partition coefficient (Wildman–Crippen LogP) is 0.793. The van der Waals surface area contributed by atoms with Crippen molar-refractivity contribution in [3.8, 4) is 0 Å². The Bertz CT molecular complexity index is 560. The van der Waals surface area contributed by atoms with Gasteiger partial charge in [-0.15, -0.1) is 0 Å². The van der Waals surface area contributed by atoms with Gasteiger partial charge in [-0.05, 0) is 24.3 Å². The first-order chi connectivity index (χ1) is 7.58. The van der Waals surface area contributed by atoms with Crippen molar-refractivity contribution in [1.29, 1.82) is 0 Å². The highest BCUT2D eigenvalue weighted by Crippen LogP contribution is 2.15. The number of benzene rings is 1. The Labute approximate surface area is 92.5 Å². The monoisotopic (exact) mass is 238 g/mol. The van der Waals surface area contributed by atoms with E-state index >= 15 is 0 Å². The lowest BCUT2D eigenvalue weighted by atomic mass is 10.3. The fourth-order valence-electron chi connectivity index (χ4n) is 1.15. The Hall–Kier alpha value is -2.02. The minimum Gasteiger partial charge on any atom is -0.399 e. The van der Waals surface area contributed by atoms with Crippen molar-refractivity contribution in [3.05, 3.63) is 36.7 Å². The van der Waals surface area contributed by atoms with E-state index in [0.29, 0.717) is 11.4 Å². The van der Waals surface area contributed by atoms with Crippen LogP contribution in [0.5, 0.6) is 0 Å². The lowest BCUT2D eigenvalue weighted by Gasteiger charge is -2.05. The van der Waals surface area contributed by atoms with Crippen molar-refractivity contribution in [2.24, 2.45) is 0 Å². The molecule has 0 fully saturated rings. The van der Waals surface area contributed by atoms with Crippen LogP contribution in [0, 0.1) is 0 Å². The number of hydrogen-bond donors (Lipinski definition) is 3. The van der Waals surface area contributed by atoms with Gasteiger partial charge in [0.15, 0.2) is 0 Å². The minimum absolute atomic E-state index is 0.0873. The van der Waals surface area contributed by atoms with Gasteiger partial charge in [0.25, 0.3) is 10.0 Å². The van der Waals surface area contributed by atoms with Crippen LogP contribution in [0.1, 0.15) is 0 Å². The number of anilines is 2. The summed E-state index contributed by atoms with van der Waals surface area (Å²) in [6.45, 7) is 0. The van der Waals surface area contributed by atoms with E-state index in [0.717, 1.165) is 0 Å². The third-order valence-corrected chi connectivity index (χ3v) is 3.29. The van der Waals surface area contributed by atoms with Crippen LogP contribution < -0.4 is 10.5 Å². The number of hydrogen-bond acceptors (Lipinski definition) is 4. The van der Waals surface area contributed by atoms with Crippen LogP contribution in [-0.4, -0.2) is 18.6 Å². The molecule has 6 nitrogen and oxygen atoms in total. The number of aromatic amines is 1. The van der Waals surface area contributed by atoms with E-state index in [-0.39, 0.29) is 4.90 Å². The number of rotatable bonds is 3. The van der Waals surface area contributed by atoms with E-state index in [4.69, 9.17) is 5.73 Å². The highest BCUT2D eigenvalue weighted by Gasteiger charge is 2.14. The van der Waals surface area contributed by atoms with E-state index in [9.17, 15) is 8.42 Å². The van der Waals surface area contributed by atoms with Crippen LogP contribution in [0.15, 0.2) is 41.6 Å². The van der Waals surface area contributed by atoms with Gasteiger partial charge in [0.2, 0.25) is 0 Å². The van der Waals surface area contributed by atoms with Crippen molar-refractivity contribution in [3.63, 3.8) is 0 Å². The average molecular weight is 238 g/mol. The van der Waals surface area contributed by atoms with Crippen molar-refractivity contribution in [2.75, 3.05) is 10.5 Å². The van der Waals surface area contributed by atoms with E-state index in [1.807, 2.05) is 0 Å². The number of nitrogens with two attached hydrogens (primary N) is 1. The molecule has 0 bridgehead atoms. The molecule has 0 saturated carbocycles. The molecule has 0 aliphatic rings. The zero-order valence-electron chi connectivity index (χ0n) is 8.21. The second kappa shape index (κ2) is 3.86. The molecule has 1 aromatic heterocycles. The summed E-state index contributed by atoms with van der Waals surface area (Å²) in [5, 5.41) is 6.02. The molecule has 1 heterocycles. The van der Waals surface area contributed by atoms with Gasteiger partial charge in [0, 0.05) is 17.6 Å². The number of aromatic nitrogens is 2. The number of nitrogens with zero attached hydrogens (tertiary/aromatic N) is 1. The van der Waals surface area contributed by atoms with Gasteiger partial charge in [0.1, 0.15) is 4.90 Å². The maximum Gasteiger partial charge on any atom is 0.265 e. The zero-order valence-corrected chi connectivity index (χ0v) is 9.03. The van der Waals surface area contributed by atoms with Crippen LogP contribution in [0.4, 0.5) is 11.4 Å². The zero-order chi connectivity index (χ0) is 11.6. The van der Waals surface area contributed by atoms with Crippen LogP contribution in [0.3, 0.4) is 0 Å². The normalized spacial score (nSPS) is 11.2. The number of nitrogens with one attached hydrogen (secondary N) is 2. The predicted molar refractivity (Wildman–Crippen MR) is 60.3 cm³/mol. The van der Waals surface area contributed by atoms with Crippen LogP contribution in [-0.2, 0) is 10.0 Å². The SMILES string of the molecule is Nc1ccc(NS(=O)(=O)c2cn[nH]c2)cc1. The maximum atomic E-state index is 11.7. The van der Waals surface area contributed by atoms with Gasteiger partial charge in [0.05, 0.1) is 6.20 Å². The van der Waals surface area contributed by atoms with Gasteiger partial charge in [-0.1, -0.05) is 0 Å². The first kappa shape index (κ1) is 10.5. The van der Waals surface area contributed by atoms with Gasteiger partial charge in [-0.2, -0.15) is 5.10 Å². The molecule has 0 aliphatic carbocycles. The molecule has 0 atom stereocenters. The molecular weight excluding hydrogens is 228 g/mol. The van der Waals surface area contributed by atoms with Crippen LogP contribution in [0.25, 0.3) is 0 Å². The van der Waals surface area contributed by atoms with Crippen LogP contribution in [0.2, 0.25) is 0 Å². The molecule has 16 heavy (non-hydrogen) atoms. The van der Waals surface area contributed by atoms with Gasteiger partial charge in [-0.25, -0.2) is 8.42 Å². The summed E-state index contributed by atoms with van der Waals surface area (Å²) < 4.78 is 25.9. The third kappa shape index (κ3) is 2.14. The molecule has 1 aromatic carbocycles. The summed E-state index contributed by atoms with van der Waals surface area (Å²) in [5.74, 6) is 0. The molecule has 0 unspecified atom stereocenters. The fraction of sp³-hybridized carbons (Fsp3) is 0. The van der Waals surface area contributed by atoms with E-state index in [1.165, 1.54) is 12.4 Å². The highest BCUT2D eigenvalue weighted by molar-refractivity contribution is 7.92. The third-order valence-electron chi connectivity index (χ3n) is 1.95. The van der Waals surface area contributed by atoms with Crippen molar-refractivity contribution in [2.45, 2.75) is 4.90 Å². The lowest BCUT2D eigenvalue weighted by Crippen LogP contribution is -2.12. The highest BCUT2D eigenvalue weighted by atomic mass is 32.2. The maximum absolute atomic E-state index is 11.7. The van der Waals surface area contributed by atoms with Crippen molar-refractivity contribution >= 4 is 21.4 Å². The average Bonchev–Trinajstić information content (AvgIpc) is 2.75. The van der Waals surface area contributed by atoms with E-state index in [2.05, 4.69) is 14.9 Å². The lowest BCUT2D eigenvalue weighted by molar-refractivity contribution is 0.601. The van der Waals surface area contributed by atoms with Gasteiger partial charge in [-0.3, -0.25) is 9.82 Å². The summed E-state index contributed by atoms with van der Waals surface area (Å²) in [4.78, 5) is 0.0873. The molecule has 4 N–H and O–H groups in total. The molecule has 84 valence electrons. The summed E-state index contributed by atoms with van der Waals surface area (Å²) in [7, 11) is -3.57. The van der Waals surface area contributed by atoms with Gasteiger partial charge >= 0.3 is 0 Å². The molecule has 0 saturated heterocycles. The fourth-order valence-corrected chi connectivity index (χ4v) is 2.11. The topological polar surface area (TPSA) is 101 Å². The second-order valence-corrected chi connectivity index (χ2v) is 4.84. The van der Waals surface area contributed by atoms with Crippen molar-refractivity contribution in [1.82, 2.24) is 10.2 Å². The molecule has 7 heteroatoms. The molecule has 0 spiro atoms. The molecule has 0 aliphatic heterocycles. The Kier molecular flexibility index (Phi) is 2.53.